The summed E-state index contributed by atoms with van der Waals surface area (Å²) < 4.78 is 0. The van der Waals surface area contributed by atoms with Crippen LogP contribution in [-0.2, 0) is 17.6 Å². The summed E-state index contributed by atoms with van der Waals surface area (Å²) in [5.74, 6) is 0.741. The van der Waals surface area contributed by atoms with E-state index in [1.807, 2.05) is 13.0 Å². The summed E-state index contributed by atoms with van der Waals surface area (Å²) in [6.07, 6.45) is 3.35. The smallest absolute Gasteiger partial charge is 0.308 e. The minimum absolute atomic E-state index is 0.279. The number of anilines is 1. The molecule has 0 amide bonds. The van der Waals surface area contributed by atoms with Crippen molar-refractivity contribution in [2.24, 2.45) is 5.92 Å². The van der Waals surface area contributed by atoms with Crippen LogP contribution in [0.4, 0.5) is 5.82 Å². The Balaban J connectivity index is 2.22. The lowest BCUT2D eigenvalue weighted by molar-refractivity contribution is -0.141. The minimum atomic E-state index is -0.704. The van der Waals surface area contributed by atoms with E-state index in [9.17, 15) is 4.79 Å². The Morgan fingerprint density at radius 3 is 2.84 bits per heavy atom. The molecular weight excluding hydrogens is 242 g/mol. The van der Waals surface area contributed by atoms with Crippen LogP contribution < -0.4 is 4.90 Å². The first-order valence-corrected chi connectivity index (χ1v) is 6.98. The van der Waals surface area contributed by atoms with Gasteiger partial charge in [-0.05, 0) is 19.3 Å². The van der Waals surface area contributed by atoms with Crippen molar-refractivity contribution in [1.82, 2.24) is 9.97 Å². The third-order valence-electron chi connectivity index (χ3n) is 3.59. The number of hydrogen-bond donors (Lipinski definition) is 1. The zero-order chi connectivity index (χ0) is 13.8. The fourth-order valence-corrected chi connectivity index (χ4v) is 2.42. The number of carboxylic acid groups (broad SMARTS) is 1. The predicted octanol–water partition coefficient (Wildman–Crippen LogP) is 1.90. The molecule has 1 aliphatic rings. The van der Waals surface area contributed by atoms with Crippen molar-refractivity contribution in [3.8, 4) is 0 Å². The molecule has 0 aliphatic carbocycles. The molecule has 0 saturated carbocycles. The molecule has 0 radical (unpaired) electrons. The van der Waals surface area contributed by atoms with Crippen LogP contribution in [0.3, 0.4) is 0 Å². The summed E-state index contributed by atoms with van der Waals surface area (Å²) >= 11 is 0. The van der Waals surface area contributed by atoms with Crippen LogP contribution >= 0.6 is 0 Å². The second-order valence-corrected chi connectivity index (χ2v) is 4.96. The molecule has 1 unspecified atom stereocenters. The molecule has 1 aromatic heterocycles. The second kappa shape index (κ2) is 5.99. The molecule has 1 N–H and O–H groups in total. The average Bonchev–Trinajstić information content (AvgIpc) is 2.46. The van der Waals surface area contributed by atoms with Gasteiger partial charge in [-0.1, -0.05) is 13.8 Å². The van der Waals surface area contributed by atoms with Crippen LogP contribution in [0.5, 0.6) is 0 Å². The zero-order valence-corrected chi connectivity index (χ0v) is 11.6. The predicted molar refractivity (Wildman–Crippen MR) is 73.4 cm³/mol. The van der Waals surface area contributed by atoms with Gasteiger partial charge in [0, 0.05) is 31.3 Å². The van der Waals surface area contributed by atoms with E-state index in [0.29, 0.717) is 6.54 Å². The Morgan fingerprint density at radius 1 is 1.42 bits per heavy atom. The van der Waals surface area contributed by atoms with Gasteiger partial charge in [0.25, 0.3) is 0 Å². The number of aromatic nitrogens is 2. The van der Waals surface area contributed by atoms with Gasteiger partial charge in [-0.25, -0.2) is 9.97 Å². The molecule has 0 aromatic carbocycles. The fourth-order valence-electron chi connectivity index (χ4n) is 2.42. The molecule has 0 spiro atoms. The number of aryl methyl sites for hydroxylation is 2. The largest absolute Gasteiger partial charge is 0.481 e. The van der Waals surface area contributed by atoms with Crippen LogP contribution in [0.25, 0.3) is 0 Å². The van der Waals surface area contributed by atoms with Gasteiger partial charge in [0.1, 0.15) is 11.6 Å². The van der Waals surface area contributed by atoms with E-state index in [2.05, 4.69) is 21.8 Å². The Bertz CT molecular complexity index is 440. The summed E-state index contributed by atoms with van der Waals surface area (Å²) in [6, 6.07) is 1.99. The van der Waals surface area contributed by atoms with E-state index in [0.717, 1.165) is 49.6 Å². The van der Waals surface area contributed by atoms with Crippen molar-refractivity contribution in [1.29, 1.82) is 0 Å². The van der Waals surface area contributed by atoms with E-state index in [-0.39, 0.29) is 5.92 Å². The lowest BCUT2D eigenvalue weighted by Crippen LogP contribution is -2.39. The summed E-state index contributed by atoms with van der Waals surface area (Å²) in [5, 5.41) is 9.15. The molecule has 5 heteroatoms. The lowest BCUT2D eigenvalue weighted by atomic mass is 9.98. The van der Waals surface area contributed by atoms with E-state index in [1.165, 1.54) is 0 Å². The molecular formula is C14H21N3O2. The first-order valence-electron chi connectivity index (χ1n) is 6.98. The first kappa shape index (κ1) is 13.8. The van der Waals surface area contributed by atoms with Gasteiger partial charge in [0.05, 0.1) is 5.92 Å². The van der Waals surface area contributed by atoms with Crippen LogP contribution in [0.15, 0.2) is 6.07 Å². The highest BCUT2D eigenvalue weighted by atomic mass is 16.4. The third kappa shape index (κ3) is 3.22. The van der Waals surface area contributed by atoms with Crippen molar-refractivity contribution < 1.29 is 9.90 Å². The molecule has 19 heavy (non-hydrogen) atoms. The second-order valence-electron chi connectivity index (χ2n) is 4.96. The maximum atomic E-state index is 11.1. The molecule has 2 rings (SSSR count). The molecule has 5 nitrogen and oxygen atoms in total. The van der Waals surface area contributed by atoms with Gasteiger partial charge in [-0.3, -0.25) is 4.79 Å². The van der Waals surface area contributed by atoms with Gasteiger partial charge in [0.15, 0.2) is 0 Å². The molecule has 2 heterocycles. The van der Waals surface area contributed by atoms with Gasteiger partial charge < -0.3 is 10.0 Å². The van der Waals surface area contributed by atoms with Crippen molar-refractivity contribution in [2.45, 2.75) is 39.5 Å². The Morgan fingerprint density at radius 2 is 2.21 bits per heavy atom. The third-order valence-corrected chi connectivity index (χ3v) is 3.59. The van der Waals surface area contributed by atoms with Gasteiger partial charge in [-0.2, -0.15) is 0 Å². The molecule has 1 saturated heterocycles. The van der Waals surface area contributed by atoms with E-state index in [4.69, 9.17) is 5.11 Å². The maximum Gasteiger partial charge on any atom is 0.308 e. The highest BCUT2D eigenvalue weighted by Crippen LogP contribution is 2.22. The molecule has 104 valence electrons. The number of nitrogens with zero attached hydrogens (tertiary/aromatic N) is 3. The number of hydrogen-bond acceptors (Lipinski definition) is 4. The number of rotatable bonds is 4. The van der Waals surface area contributed by atoms with Gasteiger partial charge in [-0.15, -0.1) is 0 Å². The van der Waals surface area contributed by atoms with Gasteiger partial charge in [0.2, 0.25) is 0 Å². The first-order chi connectivity index (χ1) is 9.13. The zero-order valence-electron chi connectivity index (χ0n) is 11.6. The maximum absolute atomic E-state index is 11.1. The van der Waals surface area contributed by atoms with Crippen molar-refractivity contribution in [3.05, 3.63) is 17.6 Å². The SMILES string of the molecule is CCc1cc(N2CCCC(C(=O)O)C2)nc(CC)n1. The number of carboxylic acids is 1. The molecule has 1 aliphatic heterocycles. The number of carbonyl (C=O) groups is 1. The number of piperidine rings is 1. The van der Waals surface area contributed by atoms with Crippen molar-refractivity contribution in [2.75, 3.05) is 18.0 Å². The molecule has 1 atom stereocenters. The summed E-state index contributed by atoms with van der Waals surface area (Å²) in [5.41, 5.74) is 1.03. The monoisotopic (exact) mass is 263 g/mol. The Hall–Kier alpha value is -1.65. The Labute approximate surface area is 113 Å². The fraction of sp³-hybridized carbons (Fsp3) is 0.643. The van der Waals surface area contributed by atoms with Crippen molar-refractivity contribution in [3.63, 3.8) is 0 Å². The normalized spacial score (nSPS) is 19.5. The summed E-state index contributed by atoms with van der Waals surface area (Å²) in [7, 11) is 0. The topological polar surface area (TPSA) is 66.3 Å². The summed E-state index contributed by atoms with van der Waals surface area (Å²) in [4.78, 5) is 22.2. The number of aliphatic carboxylic acids is 1. The average molecular weight is 263 g/mol. The van der Waals surface area contributed by atoms with E-state index < -0.39 is 5.97 Å². The van der Waals surface area contributed by atoms with Crippen LogP contribution in [-0.4, -0.2) is 34.1 Å². The minimum Gasteiger partial charge on any atom is -0.481 e. The van der Waals surface area contributed by atoms with Gasteiger partial charge >= 0.3 is 5.97 Å². The molecule has 0 bridgehead atoms. The van der Waals surface area contributed by atoms with Crippen LogP contribution in [0.2, 0.25) is 0 Å². The Kier molecular flexibility index (Phi) is 4.35. The molecule has 1 fully saturated rings. The lowest BCUT2D eigenvalue weighted by Gasteiger charge is -2.31. The quantitative estimate of drug-likeness (QED) is 0.898. The van der Waals surface area contributed by atoms with E-state index in [1.54, 1.807) is 0 Å². The van der Waals surface area contributed by atoms with Crippen LogP contribution in [0.1, 0.15) is 38.2 Å². The van der Waals surface area contributed by atoms with Crippen molar-refractivity contribution >= 4 is 11.8 Å². The van der Waals surface area contributed by atoms with Crippen LogP contribution in [0, 0.1) is 5.92 Å². The highest BCUT2D eigenvalue weighted by Gasteiger charge is 2.26. The van der Waals surface area contributed by atoms with E-state index >= 15 is 0 Å². The highest BCUT2D eigenvalue weighted by molar-refractivity contribution is 5.71. The molecule has 1 aromatic rings. The summed E-state index contributed by atoms with van der Waals surface area (Å²) in [6.45, 7) is 5.54. The standard InChI is InChI=1S/C14H21N3O2/c1-3-11-8-13(16-12(4-2)15-11)17-7-5-6-10(9-17)14(18)19/h8,10H,3-7,9H2,1-2H3,(H,18,19).